The number of pyridine rings is 2. The van der Waals surface area contributed by atoms with Gasteiger partial charge in [-0.25, -0.2) is 14.8 Å². The maximum Gasteiger partial charge on any atom is 0.341 e. The Morgan fingerprint density at radius 1 is 1.23 bits per heavy atom. The highest BCUT2D eigenvalue weighted by molar-refractivity contribution is 6.31. The molecule has 0 aliphatic heterocycles. The Hall–Kier alpha value is -2.37. The number of nitrogens with one attached hydrogen (secondary N) is 1. The van der Waals surface area contributed by atoms with Crippen LogP contribution in [0.1, 0.15) is 28.5 Å². The van der Waals surface area contributed by atoms with Crippen LogP contribution in [-0.4, -0.2) is 22.5 Å². The van der Waals surface area contributed by atoms with Crippen LogP contribution in [0.2, 0.25) is 5.02 Å². The SMILES string of the molecule is CCOC(=O)c1cnc2nc(C)ccc2c1Nc1ccc(C)c(Cl)c1.Cl. The van der Waals surface area contributed by atoms with E-state index in [1.54, 1.807) is 6.92 Å². The molecule has 7 heteroatoms. The molecule has 1 aromatic carbocycles. The maximum atomic E-state index is 12.3. The van der Waals surface area contributed by atoms with E-state index in [1.807, 2.05) is 44.2 Å². The van der Waals surface area contributed by atoms with Gasteiger partial charge in [-0.2, -0.15) is 0 Å². The van der Waals surface area contributed by atoms with Crippen molar-refractivity contribution in [2.75, 3.05) is 11.9 Å². The zero-order chi connectivity index (χ0) is 18.0. The molecule has 3 aromatic rings. The first-order valence-corrected chi connectivity index (χ1v) is 8.34. The van der Waals surface area contributed by atoms with Gasteiger partial charge < -0.3 is 10.1 Å². The van der Waals surface area contributed by atoms with Crippen LogP contribution in [0.3, 0.4) is 0 Å². The zero-order valence-corrected chi connectivity index (χ0v) is 16.2. The van der Waals surface area contributed by atoms with E-state index in [0.29, 0.717) is 28.5 Å². The number of fused-ring (bicyclic) bond motifs is 1. The van der Waals surface area contributed by atoms with Crippen LogP contribution in [0.15, 0.2) is 36.5 Å². The highest BCUT2D eigenvalue weighted by Crippen LogP contribution is 2.30. The molecule has 0 atom stereocenters. The van der Waals surface area contributed by atoms with Gasteiger partial charge in [0.25, 0.3) is 0 Å². The molecule has 0 amide bonds. The summed E-state index contributed by atoms with van der Waals surface area (Å²) >= 11 is 6.21. The molecule has 0 unspecified atom stereocenters. The lowest BCUT2D eigenvalue weighted by Gasteiger charge is -2.14. The van der Waals surface area contributed by atoms with Crippen LogP contribution >= 0.6 is 24.0 Å². The lowest BCUT2D eigenvalue weighted by atomic mass is 10.1. The monoisotopic (exact) mass is 391 g/mol. The summed E-state index contributed by atoms with van der Waals surface area (Å²) in [5.74, 6) is -0.432. The van der Waals surface area contributed by atoms with Gasteiger partial charge in [0, 0.05) is 28.0 Å². The van der Waals surface area contributed by atoms with Crippen LogP contribution in [-0.2, 0) is 4.74 Å². The number of nitrogens with zero attached hydrogens (tertiary/aromatic N) is 2. The molecule has 26 heavy (non-hydrogen) atoms. The summed E-state index contributed by atoms with van der Waals surface area (Å²) in [5, 5.41) is 4.67. The van der Waals surface area contributed by atoms with Gasteiger partial charge >= 0.3 is 5.97 Å². The van der Waals surface area contributed by atoms with E-state index in [1.165, 1.54) is 6.20 Å². The predicted molar refractivity (Wildman–Crippen MR) is 107 cm³/mol. The van der Waals surface area contributed by atoms with Crippen LogP contribution in [0.5, 0.6) is 0 Å². The van der Waals surface area contributed by atoms with Gasteiger partial charge in [0.05, 0.1) is 12.3 Å². The molecule has 0 fully saturated rings. The molecule has 0 saturated heterocycles. The molecular weight excluding hydrogens is 373 g/mol. The fraction of sp³-hybridized carbons (Fsp3) is 0.211. The molecule has 2 heterocycles. The van der Waals surface area contributed by atoms with Crippen molar-refractivity contribution in [3.63, 3.8) is 0 Å². The summed E-state index contributed by atoms with van der Waals surface area (Å²) < 4.78 is 5.16. The van der Waals surface area contributed by atoms with Crippen molar-refractivity contribution in [2.45, 2.75) is 20.8 Å². The average Bonchev–Trinajstić information content (AvgIpc) is 2.58. The number of esters is 1. The van der Waals surface area contributed by atoms with E-state index in [9.17, 15) is 4.79 Å². The third-order valence-corrected chi connectivity index (χ3v) is 4.21. The van der Waals surface area contributed by atoms with Crippen LogP contribution in [0, 0.1) is 13.8 Å². The number of carbonyl (C=O) groups is 1. The lowest BCUT2D eigenvalue weighted by Crippen LogP contribution is -2.09. The molecule has 0 radical (unpaired) electrons. The third-order valence-electron chi connectivity index (χ3n) is 3.81. The third kappa shape index (κ3) is 4.06. The number of hydrogen-bond acceptors (Lipinski definition) is 5. The molecule has 2 aromatic heterocycles. The summed E-state index contributed by atoms with van der Waals surface area (Å²) in [5.41, 5.74) is 4.14. The molecule has 0 aliphatic rings. The number of rotatable bonds is 4. The van der Waals surface area contributed by atoms with Gasteiger partial charge in [0.1, 0.15) is 5.56 Å². The van der Waals surface area contributed by atoms with Gasteiger partial charge in [0.15, 0.2) is 5.65 Å². The fourth-order valence-corrected chi connectivity index (χ4v) is 2.67. The largest absolute Gasteiger partial charge is 0.462 e. The minimum atomic E-state index is -0.432. The van der Waals surface area contributed by atoms with Crippen LogP contribution < -0.4 is 5.32 Å². The number of anilines is 2. The smallest absolute Gasteiger partial charge is 0.341 e. The molecule has 0 bridgehead atoms. The van der Waals surface area contributed by atoms with E-state index in [4.69, 9.17) is 16.3 Å². The second-order valence-corrected chi connectivity index (χ2v) is 6.09. The minimum Gasteiger partial charge on any atom is -0.462 e. The summed E-state index contributed by atoms with van der Waals surface area (Å²) in [7, 11) is 0. The summed E-state index contributed by atoms with van der Waals surface area (Å²) in [6, 6.07) is 9.42. The van der Waals surface area contributed by atoms with Gasteiger partial charge in [-0.3, -0.25) is 0 Å². The standard InChI is InChI=1S/C19H18ClN3O2.ClH/c1-4-25-19(24)15-10-21-18-14(8-6-12(3)22-18)17(15)23-13-7-5-11(2)16(20)9-13;/h5-10H,4H2,1-3H3,(H,21,22,23);1H. The molecule has 136 valence electrons. The van der Waals surface area contributed by atoms with Gasteiger partial charge in [-0.05, 0) is 50.6 Å². The van der Waals surface area contributed by atoms with Crippen molar-refractivity contribution in [1.29, 1.82) is 0 Å². The minimum absolute atomic E-state index is 0. The van der Waals surface area contributed by atoms with Gasteiger partial charge in [-0.15, -0.1) is 12.4 Å². The van der Waals surface area contributed by atoms with E-state index in [2.05, 4.69) is 15.3 Å². The van der Waals surface area contributed by atoms with E-state index >= 15 is 0 Å². The number of halogens is 2. The lowest BCUT2D eigenvalue weighted by molar-refractivity contribution is 0.0527. The Bertz CT molecular complexity index is 961. The number of aromatic nitrogens is 2. The van der Waals surface area contributed by atoms with Crippen molar-refractivity contribution in [3.05, 3.63) is 58.4 Å². The molecule has 0 aliphatic carbocycles. The van der Waals surface area contributed by atoms with Crippen molar-refractivity contribution in [2.24, 2.45) is 0 Å². The van der Waals surface area contributed by atoms with E-state index in [0.717, 1.165) is 22.3 Å². The van der Waals surface area contributed by atoms with Crippen molar-refractivity contribution < 1.29 is 9.53 Å². The molecule has 5 nitrogen and oxygen atoms in total. The molecule has 3 rings (SSSR count). The quantitative estimate of drug-likeness (QED) is 0.615. The van der Waals surface area contributed by atoms with Crippen molar-refractivity contribution >= 4 is 52.4 Å². The Kier molecular flexibility index (Phi) is 6.40. The van der Waals surface area contributed by atoms with Crippen molar-refractivity contribution in [1.82, 2.24) is 9.97 Å². The summed E-state index contributed by atoms with van der Waals surface area (Å²) in [4.78, 5) is 21.1. The average molecular weight is 392 g/mol. The van der Waals surface area contributed by atoms with E-state index < -0.39 is 5.97 Å². The Morgan fingerprint density at radius 2 is 2.00 bits per heavy atom. The first-order chi connectivity index (χ1) is 12.0. The number of carbonyl (C=O) groups excluding carboxylic acids is 1. The molecule has 1 N–H and O–H groups in total. The highest BCUT2D eigenvalue weighted by atomic mass is 35.5. The highest BCUT2D eigenvalue weighted by Gasteiger charge is 2.17. The normalized spacial score (nSPS) is 10.3. The number of aryl methyl sites for hydroxylation is 2. The topological polar surface area (TPSA) is 64.1 Å². The molecule has 0 saturated carbocycles. The Labute approximate surface area is 163 Å². The van der Waals surface area contributed by atoms with Crippen molar-refractivity contribution in [3.8, 4) is 0 Å². The van der Waals surface area contributed by atoms with E-state index in [-0.39, 0.29) is 12.4 Å². The first-order valence-electron chi connectivity index (χ1n) is 7.96. The number of hydrogen-bond donors (Lipinski definition) is 1. The summed E-state index contributed by atoms with van der Waals surface area (Å²) in [6.07, 6.45) is 1.49. The van der Waals surface area contributed by atoms with Gasteiger partial charge in [-0.1, -0.05) is 17.7 Å². The summed E-state index contributed by atoms with van der Waals surface area (Å²) in [6.45, 7) is 5.89. The number of benzene rings is 1. The van der Waals surface area contributed by atoms with Crippen LogP contribution in [0.4, 0.5) is 11.4 Å². The molecular formula is C19H19Cl2N3O2. The Balaban J connectivity index is 0.00000243. The predicted octanol–water partition coefficient (Wildman–Crippen LogP) is 5.24. The van der Waals surface area contributed by atoms with Gasteiger partial charge in [0.2, 0.25) is 0 Å². The Morgan fingerprint density at radius 3 is 2.69 bits per heavy atom. The maximum absolute atomic E-state index is 12.3. The zero-order valence-electron chi connectivity index (χ0n) is 14.7. The molecule has 0 spiro atoms. The second kappa shape index (κ2) is 8.34. The second-order valence-electron chi connectivity index (χ2n) is 5.68. The fourth-order valence-electron chi connectivity index (χ4n) is 2.49. The first kappa shape index (κ1) is 19.9. The number of ether oxygens (including phenoxy) is 1. The van der Waals surface area contributed by atoms with Crippen LogP contribution in [0.25, 0.3) is 11.0 Å².